The summed E-state index contributed by atoms with van der Waals surface area (Å²) < 4.78 is 10.1. The molecule has 1 aliphatic rings. The largest absolute Gasteiger partial charge is 0.480 e. The van der Waals surface area contributed by atoms with Crippen LogP contribution in [-0.4, -0.2) is 59.1 Å². The van der Waals surface area contributed by atoms with Crippen molar-refractivity contribution in [3.8, 4) is 0 Å². The first-order valence-corrected chi connectivity index (χ1v) is 6.61. The summed E-state index contributed by atoms with van der Waals surface area (Å²) in [7, 11) is 0. The van der Waals surface area contributed by atoms with Crippen LogP contribution in [-0.2, 0) is 23.9 Å². The zero-order chi connectivity index (χ0) is 16.0. The highest BCUT2D eigenvalue weighted by Crippen LogP contribution is 2.28. The van der Waals surface area contributed by atoms with Gasteiger partial charge in [-0.25, -0.2) is 4.79 Å². The fourth-order valence-corrected chi connectivity index (χ4v) is 1.79. The number of epoxide rings is 1. The minimum absolute atomic E-state index is 0.00264. The zero-order valence-corrected chi connectivity index (χ0v) is 11.7. The Balaban J connectivity index is 2.29. The molecule has 9 nitrogen and oxygen atoms in total. The first kappa shape index (κ1) is 17.3. The Hall–Kier alpha value is -1.71. The van der Waals surface area contributed by atoms with Gasteiger partial charge in [0.15, 0.2) is 6.29 Å². The lowest BCUT2D eigenvalue weighted by Crippen LogP contribution is -2.40. The van der Waals surface area contributed by atoms with Crippen LogP contribution in [0.2, 0.25) is 0 Å². The minimum Gasteiger partial charge on any atom is -0.480 e. The molecular weight excluding hydrogens is 284 g/mol. The van der Waals surface area contributed by atoms with Gasteiger partial charge < -0.3 is 30.7 Å². The Labute approximate surface area is 121 Å². The summed E-state index contributed by atoms with van der Waals surface area (Å²) in [6.45, 7) is 1.38. The number of ether oxygens (including phenoxy) is 2. The van der Waals surface area contributed by atoms with E-state index in [1.165, 1.54) is 0 Å². The van der Waals surface area contributed by atoms with E-state index >= 15 is 0 Å². The lowest BCUT2D eigenvalue weighted by atomic mass is 10.1. The molecule has 1 heterocycles. The SMILES string of the molecule is CCC(NC(=O)CC[C@H](N)C(=O)O)C1OC1OCC(=O)O. The maximum Gasteiger partial charge on any atom is 0.329 e. The van der Waals surface area contributed by atoms with Crippen LogP contribution >= 0.6 is 0 Å². The van der Waals surface area contributed by atoms with Gasteiger partial charge in [-0.2, -0.15) is 0 Å². The van der Waals surface area contributed by atoms with E-state index in [1.807, 2.05) is 6.92 Å². The second kappa shape index (κ2) is 7.91. The van der Waals surface area contributed by atoms with E-state index in [9.17, 15) is 14.4 Å². The van der Waals surface area contributed by atoms with Crippen LogP contribution in [0.4, 0.5) is 0 Å². The maximum atomic E-state index is 11.7. The molecule has 1 saturated heterocycles. The molecule has 0 aromatic heterocycles. The smallest absolute Gasteiger partial charge is 0.329 e. The number of nitrogens with one attached hydrogen (secondary N) is 1. The second-order valence-electron chi connectivity index (χ2n) is 4.74. The van der Waals surface area contributed by atoms with Gasteiger partial charge in [0.25, 0.3) is 0 Å². The minimum atomic E-state index is -1.15. The van der Waals surface area contributed by atoms with E-state index < -0.39 is 30.9 Å². The van der Waals surface area contributed by atoms with Crippen molar-refractivity contribution in [2.45, 2.75) is 50.7 Å². The van der Waals surface area contributed by atoms with Gasteiger partial charge in [-0.05, 0) is 12.8 Å². The van der Waals surface area contributed by atoms with E-state index in [1.54, 1.807) is 0 Å². The summed E-state index contributed by atoms with van der Waals surface area (Å²) in [5.74, 6) is -2.57. The van der Waals surface area contributed by atoms with Crippen molar-refractivity contribution in [1.29, 1.82) is 0 Å². The van der Waals surface area contributed by atoms with Crippen LogP contribution < -0.4 is 11.1 Å². The van der Waals surface area contributed by atoms with Gasteiger partial charge in [-0.15, -0.1) is 0 Å². The number of rotatable bonds is 10. The number of carbonyl (C=O) groups is 3. The molecule has 1 aliphatic heterocycles. The zero-order valence-electron chi connectivity index (χ0n) is 11.7. The quantitative estimate of drug-likeness (QED) is 0.371. The molecule has 1 rings (SSSR count). The Morgan fingerprint density at radius 2 is 2.05 bits per heavy atom. The Kier molecular flexibility index (Phi) is 6.53. The van der Waals surface area contributed by atoms with Crippen molar-refractivity contribution in [2.75, 3.05) is 6.61 Å². The molecule has 1 amide bonds. The average molecular weight is 304 g/mol. The summed E-state index contributed by atoms with van der Waals surface area (Å²) in [6, 6.07) is -1.38. The van der Waals surface area contributed by atoms with Crippen LogP contribution in [0.15, 0.2) is 0 Å². The molecule has 0 saturated carbocycles. The number of nitrogens with two attached hydrogens (primary N) is 1. The highest BCUT2D eigenvalue weighted by molar-refractivity contribution is 5.78. The van der Waals surface area contributed by atoms with Crippen LogP contribution in [0.3, 0.4) is 0 Å². The standard InChI is InChI=1S/C12H20N2O7/c1-2-7(10-12(21-10)20-5-9(16)17)14-8(15)4-3-6(13)11(18)19/h6-7,10,12H,2-5,13H2,1H3,(H,14,15)(H,16,17)(H,18,19)/t6-,7?,10?,12?/m0/s1. The molecule has 0 aromatic carbocycles. The molecule has 1 fully saturated rings. The van der Waals surface area contributed by atoms with Gasteiger partial charge in [-0.3, -0.25) is 9.59 Å². The molecule has 0 aromatic rings. The van der Waals surface area contributed by atoms with E-state index in [-0.39, 0.29) is 30.9 Å². The monoisotopic (exact) mass is 304 g/mol. The first-order chi connectivity index (χ1) is 9.85. The highest BCUT2D eigenvalue weighted by Gasteiger charge is 2.46. The summed E-state index contributed by atoms with van der Waals surface area (Å²) in [6.07, 6.45) is -0.396. The fraction of sp³-hybridized carbons (Fsp3) is 0.750. The molecule has 21 heavy (non-hydrogen) atoms. The molecule has 9 heteroatoms. The van der Waals surface area contributed by atoms with Crippen molar-refractivity contribution in [2.24, 2.45) is 5.73 Å². The van der Waals surface area contributed by atoms with Crippen molar-refractivity contribution >= 4 is 17.8 Å². The average Bonchev–Trinajstić information content (AvgIpc) is 3.19. The van der Waals surface area contributed by atoms with Crippen molar-refractivity contribution in [3.63, 3.8) is 0 Å². The number of carbonyl (C=O) groups excluding carboxylic acids is 1. The number of aliphatic carboxylic acids is 2. The Morgan fingerprint density at radius 1 is 1.38 bits per heavy atom. The molecule has 120 valence electrons. The molecular formula is C12H20N2O7. The van der Waals surface area contributed by atoms with Gasteiger partial charge in [0.05, 0.1) is 6.04 Å². The van der Waals surface area contributed by atoms with Crippen LogP contribution in [0.1, 0.15) is 26.2 Å². The van der Waals surface area contributed by atoms with Crippen molar-refractivity contribution < 1.29 is 34.1 Å². The molecule has 0 aliphatic carbocycles. The number of hydrogen-bond acceptors (Lipinski definition) is 6. The molecule has 0 bridgehead atoms. The van der Waals surface area contributed by atoms with E-state index in [0.29, 0.717) is 6.42 Å². The molecule has 0 spiro atoms. The summed E-state index contributed by atoms with van der Waals surface area (Å²) in [4.78, 5) is 32.6. The molecule has 0 radical (unpaired) electrons. The lowest BCUT2D eigenvalue weighted by molar-refractivity contribution is -0.144. The summed E-state index contributed by atoms with van der Waals surface area (Å²) >= 11 is 0. The molecule has 4 atom stereocenters. The van der Waals surface area contributed by atoms with E-state index in [2.05, 4.69) is 5.32 Å². The van der Waals surface area contributed by atoms with Crippen molar-refractivity contribution in [3.05, 3.63) is 0 Å². The third-order valence-corrected chi connectivity index (χ3v) is 3.04. The number of hydrogen-bond donors (Lipinski definition) is 4. The number of carboxylic acid groups (broad SMARTS) is 2. The normalized spacial score (nSPS) is 23.1. The summed E-state index contributed by atoms with van der Waals surface area (Å²) in [5, 5.41) is 19.8. The van der Waals surface area contributed by atoms with Crippen LogP contribution in [0, 0.1) is 0 Å². The van der Waals surface area contributed by atoms with Gasteiger partial charge >= 0.3 is 11.9 Å². The number of amides is 1. The van der Waals surface area contributed by atoms with Crippen molar-refractivity contribution in [1.82, 2.24) is 5.32 Å². The Bertz CT molecular complexity index is 401. The molecule has 5 N–H and O–H groups in total. The predicted octanol–water partition coefficient (Wildman–Crippen LogP) is -1.10. The van der Waals surface area contributed by atoms with E-state index in [0.717, 1.165) is 0 Å². The Morgan fingerprint density at radius 3 is 2.57 bits per heavy atom. The van der Waals surface area contributed by atoms with Crippen LogP contribution in [0.5, 0.6) is 0 Å². The third-order valence-electron chi connectivity index (χ3n) is 3.04. The lowest BCUT2D eigenvalue weighted by Gasteiger charge is -2.15. The topological polar surface area (TPSA) is 151 Å². The van der Waals surface area contributed by atoms with Gasteiger partial charge in [0, 0.05) is 6.42 Å². The fourth-order valence-electron chi connectivity index (χ4n) is 1.79. The van der Waals surface area contributed by atoms with E-state index in [4.69, 9.17) is 25.4 Å². The van der Waals surface area contributed by atoms with Gasteiger partial charge in [0.1, 0.15) is 18.8 Å². The summed E-state index contributed by atoms with van der Waals surface area (Å²) in [5.41, 5.74) is 5.31. The third kappa shape index (κ3) is 6.06. The maximum absolute atomic E-state index is 11.7. The predicted molar refractivity (Wildman–Crippen MR) is 69.3 cm³/mol. The molecule has 3 unspecified atom stereocenters. The number of carboxylic acids is 2. The first-order valence-electron chi connectivity index (χ1n) is 6.61. The van der Waals surface area contributed by atoms with Gasteiger partial charge in [0.2, 0.25) is 5.91 Å². The highest BCUT2D eigenvalue weighted by atomic mass is 16.8. The second-order valence-corrected chi connectivity index (χ2v) is 4.74. The van der Waals surface area contributed by atoms with Crippen LogP contribution in [0.25, 0.3) is 0 Å². The van der Waals surface area contributed by atoms with Gasteiger partial charge in [-0.1, -0.05) is 6.92 Å².